The van der Waals surface area contributed by atoms with Gasteiger partial charge in [-0.05, 0) is 45.1 Å². The molecule has 3 heterocycles. The minimum absolute atomic E-state index is 0.0134. The third-order valence-electron chi connectivity index (χ3n) is 11.0. The topological polar surface area (TPSA) is 117 Å². The molecule has 1 spiro atoms. The molecule has 9 atom stereocenters. The minimum Gasteiger partial charge on any atom is -0.455 e. The molecule has 10 nitrogen and oxygen atoms in total. The van der Waals surface area contributed by atoms with Gasteiger partial charge in [-0.25, -0.2) is 0 Å². The van der Waals surface area contributed by atoms with Gasteiger partial charge in [0.1, 0.15) is 17.7 Å². The molecule has 4 aliphatic rings. The minimum atomic E-state index is -1.28. The number of ether oxygens (including phenoxy) is 2. The van der Waals surface area contributed by atoms with E-state index in [1.165, 1.54) is 4.90 Å². The van der Waals surface area contributed by atoms with Gasteiger partial charge < -0.3 is 29.3 Å². The fourth-order valence-electron chi connectivity index (χ4n) is 8.41. The number of carbonyl (C=O) groups excluding carboxylic acids is 4. The van der Waals surface area contributed by atoms with E-state index in [0.717, 1.165) is 32.1 Å². The Morgan fingerprint density at radius 2 is 1.83 bits per heavy atom. The Kier molecular flexibility index (Phi) is 11.5. The van der Waals surface area contributed by atoms with E-state index in [0.29, 0.717) is 24.9 Å². The van der Waals surface area contributed by atoms with E-state index in [1.54, 1.807) is 31.0 Å². The van der Waals surface area contributed by atoms with Gasteiger partial charge in [-0.2, -0.15) is 0 Å². The zero-order valence-electron chi connectivity index (χ0n) is 28.3. The zero-order valence-corrected chi connectivity index (χ0v) is 29.9. The van der Waals surface area contributed by atoms with Crippen LogP contribution in [-0.4, -0.2) is 104 Å². The fourth-order valence-corrected chi connectivity index (χ4v) is 9.35. The molecule has 3 aliphatic heterocycles. The number of aliphatic hydroxyl groups is 1. The molecule has 11 heteroatoms. The summed E-state index contributed by atoms with van der Waals surface area (Å²) in [6.45, 7) is 11.2. The van der Waals surface area contributed by atoms with Crippen LogP contribution in [0.5, 0.6) is 0 Å². The van der Waals surface area contributed by atoms with Gasteiger partial charge in [0.15, 0.2) is 0 Å². The Morgan fingerprint density at radius 3 is 2.46 bits per heavy atom. The highest BCUT2D eigenvalue weighted by atomic mass is 79.9. The van der Waals surface area contributed by atoms with E-state index in [9.17, 15) is 24.3 Å². The van der Waals surface area contributed by atoms with E-state index < -0.39 is 53.7 Å². The molecule has 1 unspecified atom stereocenters. The molecule has 1 N–H and O–H groups in total. The number of amides is 3. The number of rotatable bonds is 14. The van der Waals surface area contributed by atoms with Crippen LogP contribution in [0.3, 0.4) is 0 Å². The van der Waals surface area contributed by atoms with Gasteiger partial charge in [0.25, 0.3) is 0 Å². The molecule has 3 saturated heterocycles. The molecule has 3 amide bonds. The number of benzene rings is 1. The van der Waals surface area contributed by atoms with Crippen LogP contribution >= 0.6 is 15.9 Å². The summed E-state index contributed by atoms with van der Waals surface area (Å²) in [4.78, 5) is 61.3. The first kappa shape index (κ1) is 36.3. The molecule has 1 aliphatic carbocycles. The van der Waals surface area contributed by atoms with Crippen molar-refractivity contribution in [3.05, 3.63) is 61.2 Å². The van der Waals surface area contributed by atoms with Crippen molar-refractivity contribution in [3.63, 3.8) is 0 Å². The zero-order chi connectivity index (χ0) is 34.7. The summed E-state index contributed by atoms with van der Waals surface area (Å²) in [5.41, 5.74) is -0.566. The normalized spacial score (nSPS) is 29.9. The summed E-state index contributed by atoms with van der Waals surface area (Å²) in [5, 5.41) is 10.3. The third-order valence-corrected chi connectivity index (χ3v) is 11.8. The lowest BCUT2D eigenvalue weighted by molar-refractivity contribution is -0.165. The number of likely N-dealkylation sites (N-methyl/N-ethyl adjacent to an activating group) is 1. The molecule has 0 radical (unpaired) electrons. The van der Waals surface area contributed by atoms with Crippen LogP contribution in [0.1, 0.15) is 76.9 Å². The number of fused-ring (bicyclic) bond motifs is 1. The van der Waals surface area contributed by atoms with Gasteiger partial charge in [-0.15, -0.1) is 13.2 Å². The Labute approximate surface area is 292 Å². The molecule has 5 rings (SSSR count). The van der Waals surface area contributed by atoms with E-state index in [4.69, 9.17) is 9.47 Å². The van der Waals surface area contributed by atoms with Crippen molar-refractivity contribution in [2.75, 3.05) is 20.2 Å². The number of carbonyl (C=O) groups is 4. The van der Waals surface area contributed by atoms with Crippen LogP contribution in [0.15, 0.2) is 55.6 Å². The highest BCUT2D eigenvalue weighted by Gasteiger charge is 2.77. The van der Waals surface area contributed by atoms with Crippen LogP contribution < -0.4 is 0 Å². The largest absolute Gasteiger partial charge is 0.455 e. The lowest BCUT2D eigenvalue weighted by Crippen LogP contribution is -2.60. The standard InChI is InChI=1S/C37H50BrN3O7/c1-6-8-19-28(43)39(5)24(4)31(25-15-11-9-12-16-25)47-36(46)29-30-34(44)41(23(3)22-42)33(37(30)21-27(38)32(29)48-37)35(45)40(20-7-2)26-17-13-10-14-18-26/h6-7,9,11-12,15-16,23-24,26-27,29-33,42H,1-2,8,10,13-14,17-22H2,3-5H3/t23-,24-,27?,29+,30-,31+,32+,33+,37-/m1/s1. The van der Waals surface area contributed by atoms with Gasteiger partial charge in [-0.1, -0.05) is 77.7 Å². The predicted molar refractivity (Wildman–Crippen MR) is 185 cm³/mol. The average Bonchev–Trinajstić information content (AvgIpc) is 3.70. The Hall–Kier alpha value is -3.02. The van der Waals surface area contributed by atoms with Gasteiger partial charge >= 0.3 is 5.97 Å². The molecule has 1 saturated carbocycles. The van der Waals surface area contributed by atoms with Crippen molar-refractivity contribution in [1.29, 1.82) is 0 Å². The lowest BCUT2D eigenvalue weighted by atomic mass is 9.70. The Morgan fingerprint density at radius 1 is 1.15 bits per heavy atom. The summed E-state index contributed by atoms with van der Waals surface area (Å²) in [6.07, 6.45) is 7.94. The first-order valence-electron chi connectivity index (χ1n) is 17.3. The molecule has 0 aromatic heterocycles. The summed E-state index contributed by atoms with van der Waals surface area (Å²) in [5.74, 6) is -3.31. The number of alkyl halides is 1. The van der Waals surface area contributed by atoms with Crippen molar-refractivity contribution >= 4 is 39.6 Å². The second-order valence-corrected chi connectivity index (χ2v) is 15.0. The molecule has 48 heavy (non-hydrogen) atoms. The highest BCUT2D eigenvalue weighted by molar-refractivity contribution is 9.09. The number of hydrogen-bond acceptors (Lipinski definition) is 7. The lowest BCUT2D eigenvalue weighted by Gasteiger charge is -2.42. The monoisotopic (exact) mass is 727 g/mol. The SMILES string of the molecule is C=CCCC(=O)N(C)[C@H](C)[C@H](OC(=O)[C@@H]1[C@H]2O[C@@]3(CC2Br)[C@H](C(=O)N(CC=C)C2CCCCC2)N([C@H](C)CO)C(=O)[C@@H]13)c1ccccc1. The van der Waals surface area contributed by atoms with Crippen LogP contribution in [0.25, 0.3) is 0 Å². The molecular weight excluding hydrogens is 678 g/mol. The molecule has 262 valence electrons. The number of nitrogens with zero attached hydrogens (tertiary/aromatic N) is 3. The number of aliphatic hydroxyl groups excluding tert-OH is 1. The maximum absolute atomic E-state index is 14.7. The first-order valence-corrected chi connectivity index (χ1v) is 18.2. The second-order valence-electron chi connectivity index (χ2n) is 13.9. The summed E-state index contributed by atoms with van der Waals surface area (Å²) >= 11 is 3.74. The summed E-state index contributed by atoms with van der Waals surface area (Å²) < 4.78 is 13.0. The Bertz CT molecular complexity index is 1370. The van der Waals surface area contributed by atoms with Gasteiger partial charge in [-0.3, -0.25) is 19.2 Å². The fraction of sp³-hybridized carbons (Fsp3) is 0.622. The van der Waals surface area contributed by atoms with Crippen molar-refractivity contribution in [2.45, 2.75) is 112 Å². The number of esters is 1. The van der Waals surface area contributed by atoms with E-state index in [-0.39, 0.29) is 41.6 Å². The average molecular weight is 729 g/mol. The predicted octanol–water partition coefficient (Wildman–Crippen LogP) is 4.56. The maximum Gasteiger partial charge on any atom is 0.313 e. The number of halogens is 1. The van der Waals surface area contributed by atoms with Crippen LogP contribution in [-0.2, 0) is 28.7 Å². The molecule has 2 bridgehead atoms. The molecular formula is C37H50BrN3O7. The van der Waals surface area contributed by atoms with Crippen LogP contribution in [0.4, 0.5) is 0 Å². The van der Waals surface area contributed by atoms with Crippen molar-refractivity contribution in [3.8, 4) is 0 Å². The quantitative estimate of drug-likeness (QED) is 0.170. The molecule has 1 aromatic rings. The smallest absolute Gasteiger partial charge is 0.313 e. The van der Waals surface area contributed by atoms with Gasteiger partial charge in [0.05, 0.1) is 36.6 Å². The van der Waals surface area contributed by atoms with Gasteiger partial charge in [0, 0.05) is 30.9 Å². The number of allylic oxidation sites excluding steroid dienone is 1. The van der Waals surface area contributed by atoms with Gasteiger partial charge in [0.2, 0.25) is 17.7 Å². The highest BCUT2D eigenvalue weighted by Crippen LogP contribution is 2.61. The van der Waals surface area contributed by atoms with E-state index in [1.807, 2.05) is 42.2 Å². The number of hydrogen-bond donors (Lipinski definition) is 1. The summed E-state index contributed by atoms with van der Waals surface area (Å²) in [7, 11) is 1.69. The molecule has 4 fully saturated rings. The van der Waals surface area contributed by atoms with Crippen molar-refractivity contribution < 1.29 is 33.8 Å². The van der Waals surface area contributed by atoms with Crippen LogP contribution in [0, 0.1) is 11.8 Å². The van der Waals surface area contributed by atoms with E-state index in [2.05, 4.69) is 29.1 Å². The number of likely N-dealkylation sites (tertiary alicyclic amines) is 1. The second kappa shape index (κ2) is 15.3. The van der Waals surface area contributed by atoms with Crippen molar-refractivity contribution in [2.24, 2.45) is 11.8 Å². The van der Waals surface area contributed by atoms with Crippen LogP contribution in [0.2, 0.25) is 0 Å². The Balaban J connectivity index is 1.49. The maximum atomic E-state index is 14.7. The van der Waals surface area contributed by atoms with Crippen molar-refractivity contribution in [1.82, 2.24) is 14.7 Å². The first-order chi connectivity index (χ1) is 23.0. The molecule has 1 aromatic carbocycles. The third kappa shape index (κ3) is 6.50. The van der Waals surface area contributed by atoms with E-state index >= 15 is 0 Å². The summed E-state index contributed by atoms with van der Waals surface area (Å²) in [6, 6.07) is 7.05.